The maximum absolute atomic E-state index is 12.7. The Morgan fingerprint density at radius 1 is 0.967 bits per heavy atom. The minimum absolute atomic E-state index is 0.0629. The van der Waals surface area contributed by atoms with Crippen molar-refractivity contribution in [2.24, 2.45) is 16.9 Å². The molecule has 7 heteroatoms. The maximum atomic E-state index is 12.7. The van der Waals surface area contributed by atoms with E-state index in [-0.39, 0.29) is 12.0 Å². The van der Waals surface area contributed by atoms with Crippen LogP contribution in [0.2, 0.25) is 0 Å². The van der Waals surface area contributed by atoms with Gasteiger partial charge in [-0.15, -0.1) is 0 Å². The first-order chi connectivity index (χ1) is 14.3. The third-order valence-electron chi connectivity index (χ3n) is 4.21. The maximum Gasteiger partial charge on any atom is 0.252 e. The smallest absolute Gasteiger partial charge is 0.252 e. The predicted molar refractivity (Wildman–Crippen MR) is 118 cm³/mol. The quantitative estimate of drug-likeness (QED) is 0.373. The van der Waals surface area contributed by atoms with Crippen LogP contribution in [0.4, 0.5) is 5.69 Å². The molecule has 0 aromatic heterocycles. The van der Waals surface area contributed by atoms with Crippen molar-refractivity contribution in [1.82, 2.24) is 5.43 Å². The number of carbonyl (C=O) groups is 2. The van der Waals surface area contributed by atoms with E-state index in [0.717, 1.165) is 11.3 Å². The van der Waals surface area contributed by atoms with Gasteiger partial charge in [0.05, 0.1) is 19.4 Å². The van der Waals surface area contributed by atoms with Gasteiger partial charge in [0.15, 0.2) is 0 Å². The molecule has 160 valence electrons. The summed E-state index contributed by atoms with van der Waals surface area (Å²) in [5, 5.41) is 6.77. The van der Waals surface area contributed by atoms with Crippen molar-refractivity contribution in [3.63, 3.8) is 0 Å². The molecule has 0 radical (unpaired) electrons. The average Bonchev–Trinajstić information content (AvgIpc) is 2.68. The number of nitrogens with zero attached hydrogens (tertiary/aromatic N) is 1. The molecule has 2 N–H and O–H groups in total. The van der Waals surface area contributed by atoms with Crippen LogP contribution in [0.15, 0.2) is 53.6 Å². The Morgan fingerprint density at radius 2 is 1.67 bits per heavy atom. The number of hydrogen-bond donors (Lipinski definition) is 2. The minimum atomic E-state index is -0.889. The molecule has 2 aromatic rings. The van der Waals surface area contributed by atoms with E-state index < -0.39 is 17.7 Å². The van der Waals surface area contributed by atoms with Gasteiger partial charge < -0.3 is 14.8 Å². The standard InChI is InChI=1S/C23H29N3O4/c1-15(2)21(22(27)25-18-9-11-19(29-5)12-10-18)23(28)26-24-14-17-7-6-8-20(13-17)30-16(3)4/h6-16,21H,1-5H3,(H,25,27)(H,26,28). The van der Waals surface area contributed by atoms with Gasteiger partial charge in [-0.1, -0.05) is 26.0 Å². The number of nitrogens with one attached hydrogen (secondary N) is 2. The van der Waals surface area contributed by atoms with Crippen LogP contribution in [0.25, 0.3) is 0 Å². The van der Waals surface area contributed by atoms with Crippen molar-refractivity contribution in [2.75, 3.05) is 12.4 Å². The normalized spacial score (nSPS) is 12.1. The highest BCUT2D eigenvalue weighted by molar-refractivity contribution is 6.06. The van der Waals surface area contributed by atoms with E-state index in [4.69, 9.17) is 9.47 Å². The molecule has 2 amide bonds. The van der Waals surface area contributed by atoms with Crippen LogP contribution in [-0.2, 0) is 9.59 Å². The predicted octanol–water partition coefficient (Wildman–Crippen LogP) is 3.84. The summed E-state index contributed by atoms with van der Waals surface area (Å²) in [6, 6.07) is 14.3. The molecular formula is C23H29N3O4. The molecule has 2 rings (SSSR count). The fraction of sp³-hybridized carbons (Fsp3) is 0.348. The molecule has 0 saturated carbocycles. The van der Waals surface area contributed by atoms with Crippen molar-refractivity contribution in [3.05, 3.63) is 54.1 Å². The van der Waals surface area contributed by atoms with Crippen LogP contribution < -0.4 is 20.2 Å². The van der Waals surface area contributed by atoms with Gasteiger partial charge >= 0.3 is 0 Å². The van der Waals surface area contributed by atoms with Gasteiger partial charge in [-0.05, 0) is 61.7 Å². The topological polar surface area (TPSA) is 89.0 Å². The zero-order valence-corrected chi connectivity index (χ0v) is 18.0. The van der Waals surface area contributed by atoms with E-state index in [9.17, 15) is 9.59 Å². The summed E-state index contributed by atoms with van der Waals surface area (Å²) >= 11 is 0. The summed E-state index contributed by atoms with van der Waals surface area (Å²) in [5.74, 6) is -0.555. The van der Waals surface area contributed by atoms with Gasteiger partial charge in [0.25, 0.3) is 5.91 Å². The van der Waals surface area contributed by atoms with Crippen LogP contribution in [0, 0.1) is 11.8 Å². The fourth-order valence-electron chi connectivity index (χ4n) is 2.80. The van der Waals surface area contributed by atoms with Crippen LogP contribution in [0.5, 0.6) is 11.5 Å². The number of benzene rings is 2. The Balaban J connectivity index is 2.00. The molecule has 0 aliphatic carbocycles. The highest BCUT2D eigenvalue weighted by Gasteiger charge is 2.29. The van der Waals surface area contributed by atoms with Crippen molar-refractivity contribution in [3.8, 4) is 11.5 Å². The number of ether oxygens (including phenoxy) is 2. The van der Waals surface area contributed by atoms with Crippen LogP contribution >= 0.6 is 0 Å². The SMILES string of the molecule is COc1ccc(NC(=O)C(C(=O)NN=Cc2cccc(OC(C)C)c2)C(C)C)cc1. The molecular weight excluding hydrogens is 382 g/mol. The van der Waals surface area contributed by atoms with Crippen molar-refractivity contribution in [2.45, 2.75) is 33.8 Å². The first-order valence-corrected chi connectivity index (χ1v) is 9.84. The molecule has 1 atom stereocenters. The lowest BCUT2D eigenvalue weighted by molar-refractivity contribution is -0.134. The third kappa shape index (κ3) is 6.92. The number of methoxy groups -OCH3 is 1. The Labute approximate surface area is 177 Å². The van der Waals surface area contributed by atoms with Crippen molar-refractivity contribution >= 4 is 23.7 Å². The second kappa shape index (κ2) is 11.0. The van der Waals surface area contributed by atoms with Gasteiger partial charge in [0.2, 0.25) is 5.91 Å². The molecule has 1 unspecified atom stereocenters. The van der Waals surface area contributed by atoms with Gasteiger partial charge in [-0.2, -0.15) is 5.10 Å². The van der Waals surface area contributed by atoms with Gasteiger partial charge in [-0.3, -0.25) is 9.59 Å². The molecule has 7 nitrogen and oxygen atoms in total. The van der Waals surface area contributed by atoms with Gasteiger partial charge in [0.1, 0.15) is 17.4 Å². The summed E-state index contributed by atoms with van der Waals surface area (Å²) in [6.07, 6.45) is 1.58. The zero-order chi connectivity index (χ0) is 22.1. The minimum Gasteiger partial charge on any atom is -0.497 e. The molecule has 0 bridgehead atoms. The summed E-state index contributed by atoms with van der Waals surface area (Å²) in [6.45, 7) is 7.52. The number of hydrazone groups is 1. The summed E-state index contributed by atoms with van der Waals surface area (Å²) in [5.41, 5.74) is 3.83. The van der Waals surface area contributed by atoms with E-state index in [1.165, 1.54) is 6.21 Å². The number of anilines is 1. The molecule has 2 aromatic carbocycles. The summed E-state index contributed by atoms with van der Waals surface area (Å²) < 4.78 is 10.7. The highest BCUT2D eigenvalue weighted by atomic mass is 16.5. The lowest BCUT2D eigenvalue weighted by Gasteiger charge is -2.18. The third-order valence-corrected chi connectivity index (χ3v) is 4.21. The van der Waals surface area contributed by atoms with Crippen LogP contribution in [-0.4, -0.2) is 31.2 Å². The molecule has 0 heterocycles. The number of carbonyl (C=O) groups excluding carboxylic acids is 2. The Kier molecular flexibility index (Phi) is 8.41. The lowest BCUT2D eigenvalue weighted by Crippen LogP contribution is -2.39. The van der Waals surface area contributed by atoms with Crippen LogP contribution in [0.3, 0.4) is 0 Å². The Morgan fingerprint density at radius 3 is 2.27 bits per heavy atom. The van der Waals surface area contributed by atoms with Crippen LogP contribution in [0.1, 0.15) is 33.3 Å². The van der Waals surface area contributed by atoms with Gasteiger partial charge in [0, 0.05) is 5.69 Å². The highest BCUT2D eigenvalue weighted by Crippen LogP contribution is 2.18. The lowest BCUT2D eigenvalue weighted by atomic mass is 9.94. The van der Waals surface area contributed by atoms with Crippen molar-refractivity contribution < 1.29 is 19.1 Å². The fourth-order valence-corrected chi connectivity index (χ4v) is 2.80. The second-order valence-corrected chi connectivity index (χ2v) is 7.41. The number of amides is 2. The largest absolute Gasteiger partial charge is 0.497 e. The first kappa shape index (κ1) is 22.9. The van der Waals surface area contributed by atoms with Gasteiger partial charge in [-0.25, -0.2) is 5.43 Å². The van der Waals surface area contributed by atoms with E-state index >= 15 is 0 Å². The monoisotopic (exact) mass is 411 g/mol. The van der Waals surface area contributed by atoms with E-state index in [2.05, 4.69) is 15.8 Å². The molecule has 0 saturated heterocycles. The summed E-state index contributed by atoms with van der Waals surface area (Å²) in [7, 11) is 1.57. The zero-order valence-electron chi connectivity index (χ0n) is 18.0. The molecule has 0 aliphatic heterocycles. The second-order valence-electron chi connectivity index (χ2n) is 7.41. The average molecular weight is 412 g/mol. The molecule has 0 spiro atoms. The van der Waals surface area contributed by atoms with Crippen molar-refractivity contribution in [1.29, 1.82) is 0 Å². The van der Waals surface area contributed by atoms with E-state index in [1.807, 2.05) is 52.0 Å². The number of rotatable bonds is 9. The summed E-state index contributed by atoms with van der Waals surface area (Å²) in [4.78, 5) is 25.2. The Bertz CT molecular complexity index is 876. The molecule has 0 fully saturated rings. The van der Waals surface area contributed by atoms with E-state index in [1.54, 1.807) is 31.4 Å². The van der Waals surface area contributed by atoms with E-state index in [0.29, 0.717) is 11.4 Å². The first-order valence-electron chi connectivity index (χ1n) is 9.84. The number of hydrogen-bond acceptors (Lipinski definition) is 5. The Hall–Kier alpha value is -3.35. The molecule has 30 heavy (non-hydrogen) atoms. The molecule has 0 aliphatic rings.